The molecule has 3 N–H and O–H groups in total. The van der Waals surface area contributed by atoms with Crippen molar-refractivity contribution in [3.05, 3.63) is 130 Å². The van der Waals surface area contributed by atoms with Gasteiger partial charge in [-0.05, 0) is 103 Å². The molecule has 238 valence electrons. The van der Waals surface area contributed by atoms with E-state index in [4.69, 9.17) is 11.6 Å². The van der Waals surface area contributed by atoms with E-state index in [0.29, 0.717) is 30.1 Å². The van der Waals surface area contributed by atoms with Crippen LogP contribution in [0.4, 0.5) is 4.79 Å². The highest BCUT2D eigenvalue weighted by atomic mass is 35.5. The predicted molar refractivity (Wildman–Crippen MR) is 186 cm³/mol. The molecule has 2 fully saturated rings. The van der Waals surface area contributed by atoms with Crippen molar-refractivity contribution in [3.8, 4) is 11.1 Å². The Morgan fingerprint density at radius 3 is 1.93 bits per heavy atom. The summed E-state index contributed by atoms with van der Waals surface area (Å²) < 4.78 is 0. The molecular weight excluding hydrogens is 590 g/mol. The van der Waals surface area contributed by atoms with Gasteiger partial charge in [-0.2, -0.15) is 0 Å². The minimum atomic E-state index is -1.28. The van der Waals surface area contributed by atoms with Gasteiger partial charge in [0.05, 0.1) is 0 Å². The third-order valence-electron chi connectivity index (χ3n) is 10.8. The quantitative estimate of drug-likeness (QED) is 0.164. The SMILES string of the molecule is O=C(NCCC(O)(c1ccc(Cl)cc1)c1ccc(-c2ccccc2)cc1)NC1CCC(CCN2C3CCC2c2ccccc23)CC1. The topological polar surface area (TPSA) is 64.6 Å². The van der Waals surface area contributed by atoms with E-state index in [9.17, 15) is 9.90 Å². The summed E-state index contributed by atoms with van der Waals surface area (Å²) in [5.41, 5.74) is 5.58. The van der Waals surface area contributed by atoms with E-state index in [0.717, 1.165) is 53.9 Å². The van der Waals surface area contributed by atoms with E-state index in [1.54, 1.807) is 23.3 Å². The molecule has 5 nitrogen and oxygen atoms in total. The fourth-order valence-corrected chi connectivity index (χ4v) is 8.36. The summed E-state index contributed by atoms with van der Waals surface area (Å²) in [6.07, 6.45) is 8.54. The molecule has 2 aliphatic heterocycles. The molecule has 46 heavy (non-hydrogen) atoms. The zero-order valence-corrected chi connectivity index (χ0v) is 27.1. The largest absolute Gasteiger partial charge is 0.380 e. The minimum Gasteiger partial charge on any atom is -0.380 e. The van der Waals surface area contributed by atoms with E-state index in [1.807, 2.05) is 54.6 Å². The molecule has 6 heteroatoms. The number of nitrogens with one attached hydrogen (secondary N) is 2. The van der Waals surface area contributed by atoms with Gasteiger partial charge in [0.15, 0.2) is 0 Å². The number of hydrogen-bond donors (Lipinski definition) is 3. The van der Waals surface area contributed by atoms with Crippen molar-refractivity contribution in [1.82, 2.24) is 15.5 Å². The first-order valence-electron chi connectivity index (χ1n) is 17.0. The van der Waals surface area contributed by atoms with Gasteiger partial charge in [-0.1, -0.05) is 103 Å². The van der Waals surface area contributed by atoms with Gasteiger partial charge in [-0.25, -0.2) is 4.79 Å². The van der Waals surface area contributed by atoms with E-state index in [2.05, 4.69) is 51.9 Å². The first-order chi connectivity index (χ1) is 22.5. The Balaban J connectivity index is 0.898. The number of amides is 2. The second-order valence-electron chi connectivity index (χ2n) is 13.4. The first kappa shape index (κ1) is 31.0. The number of benzene rings is 4. The minimum absolute atomic E-state index is 0.160. The number of carbonyl (C=O) groups is 1. The molecular formula is C40H44ClN3O2. The average Bonchev–Trinajstić information content (AvgIpc) is 3.65. The van der Waals surface area contributed by atoms with Crippen molar-refractivity contribution in [1.29, 1.82) is 0 Å². The normalized spacial score (nSPS) is 23.4. The van der Waals surface area contributed by atoms with Crippen LogP contribution in [0, 0.1) is 5.92 Å². The second kappa shape index (κ2) is 13.6. The smallest absolute Gasteiger partial charge is 0.315 e. The number of rotatable bonds is 10. The number of urea groups is 1. The van der Waals surface area contributed by atoms with Crippen LogP contribution in [0.15, 0.2) is 103 Å². The van der Waals surface area contributed by atoms with Crippen molar-refractivity contribution in [2.24, 2.45) is 5.92 Å². The summed E-state index contributed by atoms with van der Waals surface area (Å²) in [5.74, 6) is 0.729. The number of nitrogens with zero attached hydrogens (tertiary/aromatic N) is 1. The van der Waals surface area contributed by atoms with Crippen molar-refractivity contribution < 1.29 is 9.90 Å². The lowest BCUT2D eigenvalue weighted by Gasteiger charge is -2.32. The monoisotopic (exact) mass is 633 g/mol. The van der Waals surface area contributed by atoms with Gasteiger partial charge in [0.2, 0.25) is 0 Å². The molecule has 3 atom stereocenters. The summed E-state index contributed by atoms with van der Waals surface area (Å²) in [5, 5.41) is 18.9. The maximum Gasteiger partial charge on any atom is 0.315 e. The molecule has 2 heterocycles. The summed E-state index contributed by atoms with van der Waals surface area (Å²) in [7, 11) is 0. The van der Waals surface area contributed by atoms with Gasteiger partial charge in [0.1, 0.15) is 5.60 Å². The van der Waals surface area contributed by atoms with E-state index >= 15 is 0 Å². The molecule has 4 aromatic rings. The van der Waals surface area contributed by atoms with Crippen LogP contribution in [0.2, 0.25) is 5.02 Å². The molecule has 7 rings (SSSR count). The van der Waals surface area contributed by atoms with Gasteiger partial charge in [-0.3, -0.25) is 4.90 Å². The fraction of sp³-hybridized carbons (Fsp3) is 0.375. The van der Waals surface area contributed by atoms with Gasteiger partial charge in [-0.15, -0.1) is 0 Å². The van der Waals surface area contributed by atoms with Crippen LogP contribution < -0.4 is 10.6 Å². The number of carbonyl (C=O) groups excluding carboxylic acids is 1. The Kier molecular flexibility index (Phi) is 9.17. The average molecular weight is 634 g/mol. The molecule has 2 bridgehead atoms. The van der Waals surface area contributed by atoms with Crippen LogP contribution in [-0.4, -0.2) is 35.2 Å². The Morgan fingerprint density at radius 2 is 1.30 bits per heavy atom. The molecule has 1 saturated heterocycles. The van der Waals surface area contributed by atoms with Crippen molar-refractivity contribution in [2.75, 3.05) is 13.1 Å². The van der Waals surface area contributed by atoms with Crippen molar-refractivity contribution in [2.45, 2.75) is 75.1 Å². The van der Waals surface area contributed by atoms with Gasteiger partial charge < -0.3 is 15.7 Å². The summed E-state index contributed by atoms with van der Waals surface area (Å²) in [6, 6.07) is 35.8. The van der Waals surface area contributed by atoms with Crippen molar-refractivity contribution in [3.63, 3.8) is 0 Å². The van der Waals surface area contributed by atoms with Crippen LogP contribution in [0.1, 0.15) is 85.7 Å². The molecule has 3 aliphatic rings. The molecule has 3 unspecified atom stereocenters. The third-order valence-corrected chi connectivity index (χ3v) is 11.0. The van der Waals surface area contributed by atoms with E-state index in [1.165, 1.54) is 25.8 Å². The Bertz CT molecular complexity index is 1590. The van der Waals surface area contributed by atoms with Gasteiger partial charge in [0.25, 0.3) is 0 Å². The Hall–Kier alpha value is -3.64. The number of halogens is 1. The van der Waals surface area contributed by atoms with Crippen molar-refractivity contribution >= 4 is 17.6 Å². The third kappa shape index (κ3) is 6.46. The number of fused-ring (bicyclic) bond motifs is 5. The lowest BCUT2D eigenvalue weighted by Crippen LogP contribution is -2.45. The Labute approximate surface area is 278 Å². The fourth-order valence-electron chi connectivity index (χ4n) is 8.23. The summed E-state index contributed by atoms with van der Waals surface area (Å²) >= 11 is 6.17. The van der Waals surface area contributed by atoms with Crippen LogP contribution >= 0.6 is 11.6 Å². The lowest BCUT2D eigenvalue weighted by molar-refractivity contribution is 0.0718. The summed E-state index contributed by atoms with van der Waals surface area (Å²) in [6.45, 7) is 1.51. The van der Waals surface area contributed by atoms with Gasteiger partial charge in [0, 0.05) is 36.1 Å². The highest BCUT2D eigenvalue weighted by Crippen LogP contribution is 2.53. The van der Waals surface area contributed by atoms with Crippen LogP contribution in [0.25, 0.3) is 11.1 Å². The molecule has 0 radical (unpaired) electrons. The van der Waals surface area contributed by atoms with Crippen LogP contribution in [0.3, 0.4) is 0 Å². The predicted octanol–water partition coefficient (Wildman–Crippen LogP) is 8.77. The van der Waals surface area contributed by atoms with E-state index < -0.39 is 5.60 Å². The standard InChI is InChI=1S/C40H44ClN3O2/c41-33-18-16-32(17-19-33)40(46,31-14-12-30(13-15-31)29-6-2-1-3-7-29)25-26-42-39(45)43-34-20-10-28(11-21-34)24-27-44-37-22-23-38(44)36-9-5-4-8-35(36)37/h1-9,12-19,28,34,37-38,46H,10-11,20-27H2,(H2,42,43,45). The molecule has 1 saturated carbocycles. The molecule has 2 amide bonds. The van der Waals surface area contributed by atoms with Gasteiger partial charge >= 0.3 is 6.03 Å². The lowest BCUT2D eigenvalue weighted by atomic mass is 9.83. The molecule has 0 aromatic heterocycles. The Morgan fingerprint density at radius 1 is 0.739 bits per heavy atom. The maximum absolute atomic E-state index is 13.0. The molecule has 1 aliphatic carbocycles. The molecule has 0 spiro atoms. The number of hydrogen-bond acceptors (Lipinski definition) is 3. The molecule has 4 aromatic carbocycles. The zero-order valence-electron chi connectivity index (χ0n) is 26.4. The number of aliphatic hydroxyl groups is 1. The highest BCUT2D eigenvalue weighted by Gasteiger charge is 2.43. The second-order valence-corrected chi connectivity index (χ2v) is 13.9. The van der Waals surface area contributed by atoms with E-state index in [-0.39, 0.29) is 12.1 Å². The van der Waals surface area contributed by atoms with Crippen LogP contribution in [-0.2, 0) is 5.60 Å². The highest BCUT2D eigenvalue weighted by molar-refractivity contribution is 6.30. The zero-order chi connectivity index (χ0) is 31.5. The summed E-state index contributed by atoms with van der Waals surface area (Å²) in [4.78, 5) is 15.7. The maximum atomic E-state index is 13.0. The van der Waals surface area contributed by atoms with Crippen LogP contribution in [0.5, 0.6) is 0 Å². The first-order valence-corrected chi connectivity index (χ1v) is 17.4.